The molecule has 4 rings (SSSR count). The van der Waals surface area contributed by atoms with Crippen molar-refractivity contribution >= 4 is 35.3 Å². The molecule has 2 atom stereocenters. The average Bonchev–Trinajstić information content (AvgIpc) is 3.24. The van der Waals surface area contributed by atoms with E-state index >= 15 is 0 Å². The van der Waals surface area contributed by atoms with E-state index in [1.54, 1.807) is 43.4 Å². The first-order chi connectivity index (χ1) is 19.1. The maximum atomic E-state index is 13.3. The Hall–Kier alpha value is -4.70. The molecule has 0 saturated carbocycles. The number of carbonyl (C=O) groups excluding carboxylic acids is 2. The molecule has 1 heterocycles. The standard InChI is InChI=1S/C30H32N4O6/c1-18-3-10-22(11-4-18)31-30(40)32-23-12-13-24-21(16-23)17-34(2)27(24)28(37)33-25(29(38)39)15-20-7-5-19(6-8-20)9-14-26(35)36/h3-8,10-13,16,25,27H,9,14-15,17H2,1-2H3,(H,33,37)(H,35,36)(H,38,39)(H2,31,32,40). The number of hydrogen-bond donors (Lipinski definition) is 5. The van der Waals surface area contributed by atoms with Crippen LogP contribution in [0.1, 0.15) is 40.3 Å². The van der Waals surface area contributed by atoms with Crippen molar-refractivity contribution in [2.75, 3.05) is 17.7 Å². The fourth-order valence-corrected chi connectivity index (χ4v) is 4.74. The molecule has 1 aliphatic rings. The topological polar surface area (TPSA) is 148 Å². The number of likely N-dealkylation sites (N-methyl/N-ethyl adjacent to an activating group) is 1. The second kappa shape index (κ2) is 12.4. The minimum absolute atomic E-state index is 0.0156. The Morgan fingerprint density at radius 1 is 0.900 bits per heavy atom. The molecule has 3 aromatic carbocycles. The van der Waals surface area contributed by atoms with Crippen LogP contribution in [-0.4, -0.2) is 52.1 Å². The molecular formula is C30H32N4O6. The third-order valence-electron chi connectivity index (χ3n) is 6.82. The number of carbonyl (C=O) groups is 4. The first-order valence-electron chi connectivity index (χ1n) is 12.9. The lowest BCUT2D eigenvalue weighted by Gasteiger charge is -2.23. The molecule has 0 aromatic heterocycles. The van der Waals surface area contributed by atoms with E-state index in [4.69, 9.17) is 5.11 Å². The van der Waals surface area contributed by atoms with Gasteiger partial charge in [-0.1, -0.05) is 48.0 Å². The molecule has 1 aliphatic heterocycles. The van der Waals surface area contributed by atoms with E-state index in [0.29, 0.717) is 29.9 Å². The van der Waals surface area contributed by atoms with Crippen LogP contribution in [0.25, 0.3) is 0 Å². The van der Waals surface area contributed by atoms with Crippen LogP contribution in [0.15, 0.2) is 66.7 Å². The molecule has 0 fully saturated rings. The molecule has 3 aromatic rings. The Morgan fingerprint density at radius 3 is 2.17 bits per heavy atom. The summed E-state index contributed by atoms with van der Waals surface area (Å²) in [5.41, 5.74) is 5.50. The second-order valence-corrected chi connectivity index (χ2v) is 9.99. The average molecular weight is 545 g/mol. The molecule has 2 unspecified atom stereocenters. The van der Waals surface area contributed by atoms with Crippen molar-refractivity contribution in [2.45, 2.75) is 44.8 Å². The number of carboxylic acids is 2. The SMILES string of the molecule is Cc1ccc(NC(=O)Nc2ccc3c(c2)CN(C)C3C(=O)NC(Cc2ccc(CCC(=O)O)cc2)C(=O)O)cc1. The fraction of sp³-hybridized carbons (Fsp3) is 0.267. The number of aryl methyl sites for hydroxylation is 2. The number of carboxylic acid groups (broad SMARTS) is 2. The molecule has 0 spiro atoms. The summed E-state index contributed by atoms with van der Waals surface area (Å²) in [6, 6.07) is 17.6. The highest BCUT2D eigenvalue weighted by atomic mass is 16.4. The van der Waals surface area contributed by atoms with Crippen LogP contribution in [0, 0.1) is 6.92 Å². The summed E-state index contributed by atoms with van der Waals surface area (Å²) in [7, 11) is 1.78. The van der Waals surface area contributed by atoms with E-state index in [9.17, 15) is 24.3 Å². The predicted octanol–water partition coefficient (Wildman–Crippen LogP) is 3.95. The molecule has 5 N–H and O–H groups in total. The van der Waals surface area contributed by atoms with Gasteiger partial charge in [0.25, 0.3) is 0 Å². The highest BCUT2D eigenvalue weighted by Crippen LogP contribution is 2.34. The van der Waals surface area contributed by atoms with Gasteiger partial charge in [0.2, 0.25) is 5.91 Å². The number of nitrogens with one attached hydrogen (secondary N) is 3. The minimum atomic E-state index is -1.15. The van der Waals surface area contributed by atoms with Gasteiger partial charge in [0.15, 0.2) is 0 Å². The lowest BCUT2D eigenvalue weighted by atomic mass is 10.0. The van der Waals surface area contributed by atoms with Gasteiger partial charge in [-0.05, 0) is 66.9 Å². The third-order valence-corrected chi connectivity index (χ3v) is 6.82. The maximum absolute atomic E-state index is 13.3. The smallest absolute Gasteiger partial charge is 0.326 e. The van der Waals surface area contributed by atoms with Gasteiger partial charge in [-0.15, -0.1) is 0 Å². The van der Waals surface area contributed by atoms with E-state index in [1.807, 2.05) is 42.2 Å². The Morgan fingerprint density at radius 2 is 1.52 bits per heavy atom. The Kier molecular flexibility index (Phi) is 8.80. The van der Waals surface area contributed by atoms with Gasteiger partial charge in [-0.3, -0.25) is 14.5 Å². The summed E-state index contributed by atoms with van der Waals surface area (Å²) in [4.78, 5) is 50.3. The van der Waals surface area contributed by atoms with Gasteiger partial charge >= 0.3 is 18.0 Å². The monoisotopic (exact) mass is 544 g/mol. The predicted molar refractivity (Wildman–Crippen MR) is 150 cm³/mol. The largest absolute Gasteiger partial charge is 0.481 e. The van der Waals surface area contributed by atoms with Crippen LogP contribution in [0.5, 0.6) is 0 Å². The van der Waals surface area contributed by atoms with Gasteiger partial charge in [0, 0.05) is 30.8 Å². The molecule has 3 amide bonds. The van der Waals surface area contributed by atoms with Crippen molar-refractivity contribution in [1.82, 2.24) is 10.2 Å². The van der Waals surface area contributed by atoms with Crippen molar-refractivity contribution in [3.05, 3.63) is 94.5 Å². The zero-order valence-electron chi connectivity index (χ0n) is 22.3. The van der Waals surface area contributed by atoms with Crippen LogP contribution in [0.2, 0.25) is 0 Å². The van der Waals surface area contributed by atoms with Crippen LogP contribution in [0.4, 0.5) is 16.2 Å². The normalized spacial score (nSPS) is 15.1. The van der Waals surface area contributed by atoms with E-state index < -0.39 is 29.9 Å². The molecule has 208 valence electrons. The highest BCUT2D eigenvalue weighted by molar-refractivity contribution is 6.00. The first-order valence-corrected chi connectivity index (χ1v) is 12.9. The van der Waals surface area contributed by atoms with Gasteiger partial charge in [0.05, 0.1) is 0 Å². The van der Waals surface area contributed by atoms with Gasteiger partial charge in [0.1, 0.15) is 12.1 Å². The summed E-state index contributed by atoms with van der Waals surface area (Å²) in [5.74, 6) is -2.46. The Labute approximate surface area is 232 Å². The number of urea groups is 1. The Balaban J connectivity index is 1.39. The highest BCUT2D eigenvalue weighted by Gasteiger charge is 2.35. The van der Waals surface area contributed by atoms with E-state index in [-0.39, 0.29) is 18.9 Å². The molecule has 0 radical (unpaired) electrons. The second-order valence-electron chi connectivity index (χ2n) is 9.99. The van der Waals surface area contributed by atoms with Crippen LogP contribution in [0.3, 0.4) is 0 Å². The van der Waals surface area contributed by atoms with E-state index in [2.05, 4.69) is 16.0 Å². The lowest BCUT2D eigenvalue weighted by Crippen LogP contribution is -2.46. The molecule has 40 heavy (non-hydrogen) atoms. The fourth-order valence-electron chi connectivity index (χ4n) is 4.74. The number of rotatable bonds is 10. The van der Waals surface area contributed by atoms with Gasteiger partial charge in [-0.25, -0.2) is 9.59 Å². The first kappa shape index (κ1) is 28.3. The van der Waals surface area contributed by atoms with Crippen LogP contribution >= 0.6 is 0 Å². The zero-order valence-corrected chi connectivity index (χ0v) is 22.3. The third kappa shape index (κ3) is 7.23. The number of hydrogen-bond acceptors (Lipinski definition) is 5. The number of fused-ring (bicyclic) bond motifs is 1. The van der Waals surface area contributed by atoms with Crippen molar-refractivity contribution in [3.63, 3.8) is 0 Å². The quantitative estimate of drug-likeness (QED) is 0.260. The van der Waals surface area contributed by atoms with Gasteiger partial charge < -0.3 is 26.2 Å². The van der Waals surface area contributed by atoms with Crippen LogP contribution in [-0.2, 0) is 33.8 Å². The number of anilines is 2. The maximum Gasteiger partial charge on any atom is 0.326 e. The molecular weight excluding hydrogens is 512 g/mol. The number of benzene rings is 3. The summed E-state index contributed by atoms with van der Waals surface area (Å²) >= 11 is 0. The summed E-state index contributed by atoms with van der Waals surface area (Å²) in [6.07, 6.45) is 0.487. The van der Waals surface area contributed by atoms with Crippen LogP contribution < -0.4 is 16.0 Å². The van der Waals surface area contributed by atoms with Crippen molar-refractivity contribution in [2.24, 2.45) is 0 Å². The number of aliphatic carboxylic acids is 2. The zero-order chi connectivity index (χ0) is 28.8. The molecule has 10 nitrogen and oxygen atoms in total. The summed E-state index contributed by atoms with van der Waals surface area (Å²) < 4.78 is 0. The van der Waals surface area contributed by atoms with Gasteiger partial charge in [-0.2, -0.15) is 0 Å². The van der Waals surface area contributed by atoms with Crippen molar-refractivity contribution in [3.8, 4) is 0 Å². The van der Waals surface area contributed by atoms with Crippen molar-refractivity contribution in [1.29, 1.82) is 0 Å². The van der Waals surface area contributed by atoms with E-state index in [1.165, 1.54) is 0 Å². The molecule has 0 bridgehead atoms. The number of amides is 3. The minimum Gasteiger partial charge on any atom is -0.481 e. The number of nitrogens with zero attached hydrogens (tertiary/aromatic N) is 1. The Bertz CT molecular complexity index is 1400. The summed E-state index contributed by atoms with van der Waals surface area (Å²) in [5, 5.41) is 26.9. The molecule has 10 heteroatoms. The molecule has 0 saturated heterocycles. The van der Waals surface area contributed by atoms with Crippen molar-refractivity contribution < 1.29 is 29.4 Å². The summed E-state index contributed by atoms with van der Waals surface area (Å²) in [6.45, 7) is 2.42. The molecule has 0 aliphatic carbocycles. The lowest BCUT2D eigenvalue weighted by molar-refractivity contribution is -0.142. The van der Waals surface area contributed by atoms with E-state index in [0.717, 1.165) is 22.3 Å².